The lowest BCUT2D eigenvalue weighted by atomic mass is 10.0. The van der Waals surface area contributed by atoms with Gasteiger partial charge in [-0.1, -0.05) is 30.3 Å². The van der Waals surface area contributed by atoms with Crippen molar-refractivity contribution in [2.45, 2.75) is 32.1 Å². The smallest absolute Gasteiger partial charge is 0.407 e. The van der Waals surface area contributed by atoms with Gasteiger partial charge in [0.15, 0.2) is 0 Å². The maximum absolute atomic E-state index is 12.2. The SMILES string of the molecule is CO[C@H]1CN(c2ccc(NC(C)=O)c(C(=O)O)c2)CC[C@H]1NC(=O)OCc1ccccc1. The number of anilines is 2. The zero-order valence-corrected chi connectivity index (χ0v) is 18.0. The lowest BCUT2D eigenvalue weighted by molar-refractivity contribution is -0.114. The molecule has 170 valence electrons. The molecule has 1 saturated heterocycles. The van der Waals surface area contributed by atoms with Gasteiger partial charge in [-0.2, -0.15) is 0 Å². The van der Waals surface area contributed by atoms with Gasteiger partial charge < -0.3 is 30.1 Å². The Labute approximate surface area is 186 Å². The number of carboxylic acids is 1. The van der Waals surface area contributed by atoms with Crippen LogP contribution in [0.25, 0.3) is 0 Å². The molecule has 1 aliphatic rings. The molecule has 0 aliphatic carbocycles. The molecule has 3 rings (SSSR count). The fourth-order valence-electron chi connectivity index (χ4n) is 3.68. The molecule has 32 heavy (non-hydrogen) atoms. The standard InChI is InChI=1S/C23H27N3O6/c1-15(27)24-19-9-8-17(12-18(19)22(28)29)26-11-10-20(21(13-26)31-2)25-23(30)32-14-16-6-4-3-5-7-16/h3-9,12,20-21H,10-11,13-14H2,1-2H3,(H,24,27)(H,25,30)(H,28,29)/t20-,21+/m1/s1. The van der Waals surface area contributed by atoms with Crippen LogP contribution < -0.4 is 15.5 Å². The van der Waals surface area contributed by atoms with Crippen molar-refractivity contribution < 1.29 is 29.0 Å². The van der Waals surface area contributed by atoms with Gasteiger partial charge in [0.05, 0.1) is 23.4 Å². The quantitative estimate of drug-likeness (QED) is 0.605. The Balaban J connectivity index is 1.62. The summed E-state index contributed by atoms with van der Waals surface area (Å²) in [5.74, 6) is -1.47. The molecule has 3 N–H and O–H groups in total. The summed E-state index contributed by atoms with van der Waals surface area (Å²) < 4.78 is 10.9. The van der Waals surface area contributed by atoms with Crippen molar-refractivity contribution in [1.29, 1.82) is 0 Å². The molecule has 1 fully saturated rings. The maximum atomic E-state index is 12.2. The number of piperidine rings is 1. The first-order chi connectivity index (χ1) is 15.4. The van der Waals surface area contributed by atoms with E-state index in [0.29, 0.717) is 25.2 Å². The monoisotopic (exact) mass is 441 g/mol. The van der Waals surface area contributed by atoms with Crippen molar-refractivity contribution in [3.8, 4) is 0 Å². The minimum absolute atomic E-state index is 0.0106. The number of aromatic carboxylic acids is 1. The van der Waals surface area contributed by atoms with E-state index in [2.05, 4.69) is 10.6 Å². The van der Waals surface area contributed by atoms with Crippen LogP contribution in [-0.4, -0.2) is 55.4 Å². The molecule has 2 atom stereocenters. The molecule has 2 aromatic carbocycles. The number of rotatable bonds is 7. The minimum Gasteiger partial charge on any atom is -0.478 e. The number of nitrogens with zero attached hydrogens (tertiary/aromatic N) is 1. The number of carboxylic acid groups (broad SMARTS) is 1. The van der Waals surface area contributed by atoms with E-state index in [1.807, 2.05) is 35.2 Å². The molecule has 0 radical (unpaired) electrons. The average molecular weight is 441 g/mol. The Bertz CT molecular complexity index is 965. The predicted octanol–water partition coefficient (Wildman–Crippen LogP) is 2.86. The van der Waals surface area contributed by atoms with Gasteiger partial charge in [-0.3, -0.25) is 4.79 Å². The van der Waals surface area contributed by atoms with E-state index in [0.717, 1.165) is 5.56 Å². The van der Waals surface area contributed by atoms with Gasteiger partial charge in [0.2, 0.25) is 5.91 Å². The summed E-state index contributed by atoms with van der Waals surface area (Å²) in [4.78, 5) is 37.2. The average Bonchev–Trinajstić information content (AvgIpc) is 2.78. The van der Waals surface area contributed by atoms with Crippen LogP contribution in [0.5, 0.6) is 0 Å². The van der Waals surface area contributed by atoms with Gasteiger partial charge in [-0.25, -0.2) is 9.59 Å². The third kappa shape index (κ3) is 5.98. The zero-order valence-electron chi connectivity index (χ0n) is 18.0. The summed E-state index contributed by atoms with van der Waals surface area (Å²) >= 11 is 0. The predicted molar refractivity (Wildman–Crippen MR) is 119 cm³/mol. The van der Waals surface area contributed by atoms with E-state index in [1.54, 1.807) is 19.2 Å². The normalized spacial score (nSPS) is 18.0. The third-order valence-corrected chi connectivity index (χ3v) is 5.29. The first kappa shape index (κ1) is 23.1. The van der Waals surface area contributed by atoms with Gasteiger partial charge in [0.25, 0.3) is 0 Å². The highest BCUT2D eigenvalue weighted by atomic mass is 16.5. The molecule has 9 nitrogen and oxygen atoms in total. The number of nitrogens with one attached hydrogen (secondary N) is 2. The number of carbonyl (C=O) groups is 3. The molecular weight excluding hydrogens is 414 g/mol. The Morgan fingerprint density at radius 3 is 2.56 bits per heavy atom. The molecule has 0 spiro atoms. The lowest BCUT2D eigenvalue weighted by Crippen LogP contribution is -2.55. The minimum atomic E-state index is -1.13. The summed E-state index contributed by atoms with van der Waals surface area (Å²) in [6.07, 6.45) is -0.229. The van der Waals surface area contributed by atoms with Crippen molar-refractivity contribution in [3.63, 3.8) is 0 Å². The summed E-state index contributed by atoms with van der Waals surface area (Å²) in [6.45, 7) is 2.55. The van der Waals surface area contributed by atoms with Crippen molar-refractivity contribution >= 4 is 29.3 Å². The first-order valence-corrected chi connectivity index (χ1v) is 10.3. The van der Waals surface area contributed by atoms with Crippen molar-refractivity contribution in [2.75, 3.05) is 30.4 Å². The van der Waals surface area contributed by atoms with Crippen LogP contribution in [0.3, 0.4) is 0 Å². The van der Waals surface area contributed by atoms with Gasteiger partial charge >= 0.3 is 12.1 Å². The van der Waals surface area contributed by atoms with Crippen molar-refractivity contribution in [2.24, 2.45) is 0 Å². The first-order valence-electron chi connectivity index (χ1n) is 10.3. The molecule has 2 aromatic rings. The number of benzene rings is 2. The molecule has 2 amide bonds. The second-order valence-electron chi connectivity index (χ2n) is 7.54. The van der Waals surface area contributed by atoms with E-state index in [9.17, 15) is 19.5 Å². The number of hydrogen-bond donors (Lipinski definition) is 3. The topological polar surface area (TPSA) is 117 Å². The second kappa shape index (κ2) is 10.6. The van der Waals surface area contributed by atoms with E-state index in [-0.39, 0.29) is 35.9 Å². The Morgan fingerprint density at radius 2 is 1.91 bits per heavy atom. The molecule has 9 heteroatoms. The second-order valence-corrected chi connectivity index (χ2v) is 7.54. The van der Waals surface area contributed by atoms with Crippen LogP contribution in [0, 0.1) is 0 Å². The maximum Gasteiger partial charge on any atom is 0.407 e. The van der Waals surface area contributed by atoms with Crippen LogP contribution in [-0.2, 0) is 20.9 Å². The van der Waals surface area contributed by atoms with Crippen LogP contribution in [0.4, 0.5) is 16.2 Å². The number of hydrogen-bond acceptors (Lipinski definition) is 6. The molecule has 1 aliphatic heterocycles. The summed E-state index contributed by atoms with van der Waals surface area (Å²) in [7, 11) is 1.57. The van der Waals surface area contributed by atoms with Crippen LogP contribution >= 0.6 is 0 Å². The van der Waals surface area contributed by atoms with Gasteiger partial charge in [-0.05, 0) is 30.2 Å². The van der Waals surface area contributed by atoms with Gasteiger partial charge in [0, 0.05) is 32.8 Å². The van der Waals surface area contributed by atoms with Gasteiger partial charge in [0.1, 0.15) is 6.61 Å². The molecular formula is C23H27N3O6. The Hall–Kier alpha value is -3.59. The summed E-state index contributed by atoms with van der Waals surface area (Å²) in [5.41, 5.74) is 1.85. The van der Waals surface area contributed by atoms with Crippen molar-refractivity contribution in [3.05, 3.63) is 59.7 Å². The number of carbonyl (C=O) groups excluding carboxylic acids is 2. The van der Waals surface area contributed by atoms with E-state index in [4.69, 9.17) is 9.47 Å². The van der Waals surface area contributed by atoms with Crippen LogP contribution in [0.2, 0.25) is 0 Å². The largest absolute Gasteiger partial charge is 0.478 e. The molecule has 0 aromatic heterocycles. The highest BCUT2D eigenvalue weighted by Crippen LogP contribution is 2.27. The van der Waals surface area contributed by atoms with Crippen LogP contribution in [0.1, 0.15) is 29.3 Å². The highest BCUT2D eigenvalue weighted by Gasteiger charge is 2.31. The van der Waals surface area contributed by atoms with E-state index < -0.39 is 12.1 Å². The fraction of sp³-hybridized carbons (Fsp3) is 0.348. The zero-order chi connectivity index (χ0) is 23.1. The molecule has 0 unspecified atom stereocenters. The highest BCUT2D eigenvalue weighted by molar-refractivity contribution is 6.00. The number of ether oxygens (including phenoxy) is 2. The van der Waals surface area contributed by atoms with E-state index >= 15 is 0 Å². The summed E-state index contributed by atoms with van der Waals surface area (Å²) in [5, 5.41) is 14.9. The molecule has 1 heterocycles. The van der Waals surface area contributed by atoms with Crippen molar-refractivity contribution in [1.82, 2.24) is 5.32 Å². The molecule has 0 saturated carbocycles. The Morgan fingerprint density at radius 1 is 1.16 bits per heavy atom. The van der Waals surface area contributed by atoms with E-state index in [1.165, 1.54) is 13.0 Å². The lowest BCUT2D eigenvalue weighted by Gasteiger charge is -2.39. The number of alkyl carbamates (subject to hydrolysis) is 1. The van der Waals surface area contributed by atoms with Gasteiger partial charge in [-0.15, -0.1) is 0 Å². The number of methoxy groups -OCH3 is 1. The third-order valence-electron chi connectivity index (χ3n) is 5.29. The number of amides is 2. The fourth-order valence-corrected chi connectivity index (χ4v) is 3.68. The molecule has 0 bridgehead atoms. The Kier molecular flexibility index (Phi) is 7.67. The summed E-state index contributed by atoms with van der Waals surface area (Å²) in [6, 6.07) is 14.0. The van der Waals surface area contributed by atoms with Crippen LogP contribution in [0.15, 0.2) is 48.5 Å².